The van der Waals surface area contributed by atoms with Crippen molar-refractivity contribution in [3.05, 3.63) is 20.9 Å². The summed E-state index contributed by atoms with van der Waals surface area (Å²) in [6, 6.07) is 0. The van der Waals surface area contributed by atoms with Crippen molar-refractivity contribution in [2.45, 2.75) is 28.2 Å². The summed E-state index contributed by atoms with van der Waals surface area (Å²) in [6.07, 6.45) is 1.68. The summed E-state index contributed by atoms with van der Waals surface area (Å²) in [6.45, 7) is 4.01. The van der Waals surface area contributed by atoms with Crippen LogP contribution in [0.1, 0.15) is 20.8 Å². The van der Waals surface area contributed by atoms with Crippen LogP contribution in [-0.4, -0.2) is 44.4 Å². The molecule has 0 bridgehead atoms. The molecule has 26 heavy (non-hydrogen) atoms. The molecule has 0 aromatic rings. The molecule has 11 heteroatoms. The topological polar surface area (TPSA) is 111 Å². The average molecular weight is 702 g/mol. The summed E-state index contributed by atoms with van der Waals surface area (Å²) in [5.74, 6) is -1.99. The van der Waals surface area contributed by atoms with Crippen molar-refractivity contribution in [1.29, 1.82) is 0 Å². The second-order valence-corrected chi connectivity index (χ2v) is 9.27. The first-order chi connectivity index (χ1) is 12.0. The predicted octanol–water partition coefficient (Wildman–Crippen LogP) is 1.89. The molecular formula is C15H17I3N2O6. The summed E-state index contributed by atoms with van der Waals surface area (Å²) in [4.78, 5) is 47.1. The number of ether oxygens (including phenoxy) is 2. The summed E-state index contributed by atoms with van der Waals surface area (Å²) >= 11 is 5.95. The van der Waals surface area contributed by atoms with Crippen molar-refractivity contribution in [3.8, 4) is 0 Å². The maximum atomic E-state index is 12.6. The molecule has 8 nitrogen and oxygen atoms in total. The lowest BCUT2D eigenvalue weighted by Gasteiger charge is -2.36. The molecule has 2 amide bonds. The molecule has 0 saturated carbocycles. The Balaban J connectivity index is 3.21. The number of hydrogen-bond acceptors (Lipinski definition) is 6. The number of allylic oxidation sites excluding steroid dienone is 1. The molecule has 0 radical (unpaired) electrons. The zero-order valence-electron chi connectivity index (χ0n) is 14.2. The van der Waals surface area contributed by atoms with Crippen molar-refractivity contribution in [3.63, 3.8) is 0 Å². The number of carbonyl (C=O) groups excluding carboxylic acids is 4. The van der Waals surface area contributed by atoms with Gasteiger partial charge in [-0.2, -0.15) is 0 Å². The van der Waals surface area contributed by atoms with E-state index in [0.29, 0.717) is 9.28 Å². The number of hydrogen-bond donors (Lipinski definition) is 2. The molecule has 0 saturated heterocycles. The Morgan fingerprint density at radius 3 is 2.31 bits per heavy atom. The smallest absolute Gasteiger partial charge is 0.344 e. The molecule has 0 fully saturated rings. The van der Waals surface area contributed by atoms with Crippen LogP contribution in [-0.2, 0) is 28.7 Å². The highest BCUT2D eigenvalue weighted by Crippen LogP contribution is 2.43. The fraction of sp³-hybridized carbons (Fsp3) is 0.467. The summed E-state index contributed by atoms with van der Waals surface area (Å²) in [5, 5.41) is 5.43. The molecule has 0 aromatic carbocycles. The molecular weight excluding hydrogens is 685 g/mol. The highest BCUT2D eigenvalue weighted by atomic mass is 127. The van der Waals surface area contributed by atoms with Gasteiger partial charge in [-0.3, -0.25) is 9.59 Å². The maximum absolute atomic E-state index is 12.6. The van der Waals surface area contributed by atoms with E-state index in [0.717, 1.165) is 0 Å². The maximum Gasteiger partial charge on any atom is 0.344 e. The van der Waals surface area contributed by atoms with E-state index in [1.165, 1.54) is 13.8 Å². The number of alkyl halides is 2. The Morgan fingerprint density at radius 1 is 1.19 bits per heavy atom. The van der Waals surface area contributed by atoms with E-state index in [9.17, 15) is 19.2 Å². The van der Waals surface area contributed by atoms with E-state index in [-0.39, 0.29) is 24.0 Å². The zero-order valence-corrected chi connectivity index (χ0v) is 20.6. The Morgan fingerprint density at radius 2 is 1.81 bits per heavy atom. The van der Waals surface area contributed by atoms with Gasteiger partial charge in [-0.15, -0.1) is 0 Å². The van der Waals surface area contributed by atoms with Crippen LogP contribution in [0.4, 0.5) is 0 Å². The van der Waals surface area contributed by atoms with Gasteiger partial charge in [0, 0.05) is 17.4 Å². The Labute approximate surface area is 191 Å². The quantitative estimate of drug-likeness (QED) is 0.190. The van der Waals surface area contributed by atoms with Crippen LogP contribution >= 0.6 is 67.8 Å². The third-order valence-electron chi connectivity index (χ3n) is 2.97. The van der Waals surface area contributed by atoms with E-state index in [1.807, 2.05) is 67.8 Å². The monoisotopic (exact) mass is 702 g/mol. The van der Waals surface area contributed by atoms with Gasteiger partial charge in [-0.1, -0.05) is 22.6 Å². The van der Waals surface area contributed by atoms with Gasteiger partial charge in [0.05, 0.1) is 21.8 Å². The van der Waals surface area contributed by atoms with Gasteiger partial charge in [-0.05, 0) is 58.2 Å². The predicted molar refractivity (Wildman–Crippen MR) is 119 cm³/mol. The van der Waals surface area contributed by atoms with Crippen LogP contribution in [0.25, 0.3) is 0 Å². The standard InChI is InChI=1S/C15H17I3N2O6/c1-4-25-10(23)6-26-14(24)11-12(16)9(19-7(2)21)5-15(18,13(11)17)20-8(3)22/h5,13H,4,6H2,1-3H3,(H,19,21)(H,20,22). The van der Waals surface area contributed by atoms with Crippen molar-refractivity contribution < 1.29 is 28.7 Å². The largest absolute Gasteiger partial charge is 0.463 e. The van der Waals surface area contributed by atoms with E-state index < -0.39 is 26.0 Å². The van der Waals surface area contributed by atoms with Gasteiger partial charge in [0.2, 0.25) is 11.8 Å². The third kappa shape index (κ3) is 6.31. The van der Waals surface area contributed by atoms with E-state index >= 15 is 0 Å². The van der Waals surface area contributed by atoms with E-state index in [2.05, 4.69) is 10.6 Å². The molecule has 2 N–H and O–H groups in total. The molecule has 1 aliphatic rings. The van der Waals surface area contributed by atoms with Crippen LogP contribution in [0.3, 0.4) is 0 Å². The lowest BCUT2D eigenvalue weighted by molar-refractivity contribution is -0.156. The fourth-order valence-electron chi connectivity index (χ4n) is 2.06. The number of nitrogens with one attached hydrogen (secondary N) is 2. The summed E-state index contributed by atoms with van der Waals surface area (Å²) < 4.78 is 8.80. The first-order valence-electron chi connectivity index (χ1n) is 7.36. The van der Waals surface area contributed by atoms with Crippen LogP contribution in [0.5, 0.6) is 0 Å². The van der Waals surface area contributed by atoms with Crippen LogP contribution in [0, 0.1) is 0 Å². The minimum absolute atomic E-state index is 0.181. The van der Waals surface area contributed by atoms with Crippen molar-refractivity contribution in [1.82, 2.24) is 10.6 Å². The fourth-order valence-corrected chi connectivity index (χ4v) is 5.38. The summed E-state index contributed by atoms with van der Waals surface area (Å²) in [7, 11) is 0. The third-order valence-corrected chi connectivity index (χ3v) is 8.14. The molecule has 1 aliphatic carbocycles. The van der Waals surface area contributed by atoms with Gasteiger partial charge in [0.15, 0.2) is 6.61 Å². The van der Waals surface area contributed by atoms with E-state index in [4.69, 9.17) is 9.47 Å². The first-order valence-corrected chi connectivity index (χ1v) is 10.8. The molecule has 1 rings (SSSR count). The van der Waals surface area contributed by atoms with Gasteiger partial charge >= 0.3 is 11.9 Å². The minimum atomic E-state index is -0.963. The van der Waals surface area contributed by atoms with Crippen LogP contribution in [0.15, 0.2) is 20.9 Å². The number of esters is 2. The lowest BCUT2D eigenvalue weighted by atomic mass is 9.98. The molecule has 0 aliphatic heterocycles. The van der Waals surface area contributed by atoms with Crippen LogP contribution < -0.4 is 10.6 Å². The average Bonchev–Trinajstić information content (AvgIpc) is 2.50. The number of amides is 2. The SMILES string of the molecule is CCOC(=O)COC(=O)C1=C(I)C(NC(C)=O)=CC(I)(NC(C)=O)C1I. The number of rotatable bonds is 6. The van der Waals surface area contributed by atoms with Crippen molar-refractivity contribution in [2.75, 3.05) is 13.2 Å². The van der Waals surface area contributed by atoms with Gasteiger partial charge < -0.3 is 20.1 Å². The molecule has 0 aromatic heterocycles. The Bertz CT molecular complexity index is 691. The van der Waals surface area contributed by atoms with Crippen molar-refractivity contribution >= 4 is 91.5 Å². The molecule has 0 heterocycles. The number of halogens is 3. The zero-order chi connectivity index (χ0) is 20.1. The van der Waals surface area contributed by atoms with Crippen LogP contribution in [0.2, 0.25) is 0 Å². The van der Waals surface area contributed by atoms with Gasteiger partial charge in [0.1, 0.15) is 3.55 Å². The van der Waals surface area contributed by atoms with Gasteiger partial charge in [0.25, 0.3) is 0 Å². The summed E-state index contributed by atoms with van der Waals surface area (Å²) in [5.41, 5.74) is 0.627. The minimum Gasteiger partial charge on any atom is -0.463 e. The lowest BCUT2D eigenvalue weighted by Crippen LogP contribution is -2.51. The second-order valence-electron chi connectivity index (χ2n) is 5.16. The second kappa shape index (κ2) is 10.2. The highest BCUT2D eigenvalue weighted by Gasteiger charge is 2.44. The molecule has 0 spiro atoms. The normalized spacial score (nSPS) is 22.2. The Kier molecular flexibility index (Phi) is 9.25. The van der Waals surface area contributed by atoms with Gasteiger partial charge in [-0.25, -0.2) is 9.59 Å². The molecule has 144 valence electrons. The molecule has 2 atom stereocenters. The number of carbonyl (C=O) groups is 4. The molecule has 2 unspecified atom stereocenters. The highest BCUT2D eigenvalue weighted by molar-refractivity contribution is 14.1. The first kappa shape index (κ1) is 23.6. The van der Waals surface area contributed by atoms with E-state index in [1.54, 1.807) is 13.0 Å². The Hall–Kier alpha value is -0.450. The van der Waals surface area contributed by atoms with Crippen molar-refractivity contribution in [2.24, 2.45) is 0 Å².